The summed E-state index contributed by atoms with van der Waals surface area (Å²) < 4.78 is 0. The molecule has 1 aromatic carbocycles. The van der Waals surface area contributed by atoms with E-state index in [4.69, 9.17) is 5.73 Å². The van der Waals surface area contributed by atoms with Gasteiger partial charge < -0.3 is 10.6 Å². The predicted molar refractivity (Wildman–Crippen MR) is 77.9 cm³/mol. The van der Waals surface area contributed by atoms with E-state index in [1.54, 1.807) is 0 Å². The number of pyridine rings is 1. The third-order valence-electron chi connectivity index (χ3n) is 3.08. The van der Waals surface area contributed by atoms with Gasteiger partial charge in [-0.15, -0.1) is 0 Å². The Morgan fingerprint density at radius 2 is 2.00 bits per heavy atom. The minimum Gasteiger partial charge on any atom is -0.356 e. The van der Waals surface area contributed by atoms with Gasteiger partial charge in [-0.3, -0.25) is 0 Å². The van der Waals surface area contributed by atoms with Crippen molar-refractivity contribution in [3.63, 3.8) is 0 Å². The Labute approximate surface area is 109 Å². The van der Waals surface area contributed by atoms with E-state index in [1.807, 2.05) is 6.20 Å². The number of nitrogens with zero attached hydrogens (tertiary/aromatic N) is 2. The molecule has 2 rings (SSSR count). The van der Waals surface area contributed by atoms with Gasteiger partial charge in [-0.25, -0.2) is 4.98 Å². The molecule has 0 atom stereocenters. The van der Waals surface area contributed by atoms with Crippen LogP contribution in [-0.4, -0.2) is 24.6 Å². The van der Waals surface area contributed by atoms with E-state index in [9.17, 15) is 0 Å². The largest absolute Gasteiger partial charge is 0.356 e. The molecule has 1 aromatic heterocycles. The summed E-state index contributed by atoms with van der Waals surface area (Å²) in [5, 5.41) is 2.47. The smallest absolute Gasteiger partial charge is 0.136 e. The highest BCUT2D eigenvalue weighted by molar-refractivity contribution is 5.92. The van der Waals surface area contributed by atoms with Gasteiger partial charge in [0.15, 0.2) is 0 Å². The summed E-state index contributed by atoms with van der Waals surface area (Å²) >= 11 is 0. The molecule has 0 saturated carbocycles. The summed E-state index contributed by atoms with van der Waals surface area (Å²) in [5.74, 6) is 1.09. The Balaban J connectivity index is 2.36. The monoisotopic (exact) mass is 243 g/mol. The molecule has 0 amide bonds. The average Bonchev–Trinajstić information content (AvgIpc) is 2.43. The summed E-state index contributed by atoms with van der Waals surface area (Å²) in [6.07, 6.45) is 4.02. The van der Waals surface area contributed by atoms with Crippen LogP contribution in [0.4, 0.5) is 5.82 Å². The van der Waals surface area contributed by atoms with Crippen molar-refractivity contribution in [2.75, 3.05) is 24.5 Å². The van der Waals surface area contributed by atoms with Gasteiger partial charge in [0, 0.05) is 24.7 Å². The van der Waals surface area contributed by atoms with E-state index < -0.39 is 0 Å². The number of nitrogens with two attached hydrogens (primary N) is 1. The number of benzene rings is 1. The number of rotatable bonds is 6. The molecule has 0 bridgehead atoms. The van der Waals surface area contributed by atoms with E-state index in [0.29, 0.717) is 0 Å². The number of aromatic nitrogens is 1. The molecule has 0 saturated heterocycles. The molecule has 18 heavy (non-hydrogen) atoms. The van der Waals surface area contributed by atoms with Crippen LogP contribution in [0.5, 0.6) is 0 Å². The van der Waals surface area contributed by atoms with Gasteiger partial charge in [-0.05, 0) is 30.8 Å². The van der Waals surface area contributed by atoms with E-state index in [-0.39, 0.29) is 0 Å². The topological polar surface area (TPSA) is 42.1 Å². The van der Waals surface area contributed by atoms with Crippen LogP contribution in [0.3, 0.4) is 0 Å². The summed E-state index contributed by atoms with van der Waals surface area (Å²) in [4.78, 5) is 6.91. The van der Waals surface area contributed by atoms with Crippen molar-refractivity contribution in [3.05, 3.63) is 36.5 Å². The molecule has 0 radical (unpaired) electrons. The van der Waals surface area contributed by atoms with Crippen molar-refractivity contribution in [2.24, 2.45) is 5.73 Å². The molecular weight excluding hydrogens is 222 g/mol. The fourth-order valence-corrected chi connectivity index (χ4v) is 2.23. The molecule has 3 heteroatoms. The van der Waals surface area contributed by atoms with Crippen LogP contribution in [0.25, 0.3) is 10.8 Å². The van der Waals surface area contributed by atoms with Crippen molar-refractivity contribution in [3.8, 4) is 0 Å². The Morgan fingerprint density at radius 1 is 1.17 bits per heavy atom. The first-order chi connectivity index (χ1) is 8.86. The van der Waals surface area contributed by atoms with Crippen molar-refractivity contribution in [1.82, 2.24) is 4.98 Å². The van der Waals surface area contributed by atoms with Crippen LogP contribution < -0.4 is 10.6 Å². The van der Waals surface area contributed by atoms with Crippen molar-refractivity contribution >= 4 is 16.6 Å². The highest BCUT2D eigenvalue weighted by Gasteiger charge is 2.09. The minimum absolute atomic E-state index is 0.727. The lowest BCUT2D eigenvalue weighted by Crippen LogP contribution is -2.27. The van der Waals surface area contributed by atoms with Gasteiger partial charge in [-0.2, -0.15) is 0 Å². The zero-order chi connectivity index (χ0) is 12.8. The first-order valence-electron chi connectivity index (χ1n) is 6.65. The maximum Gasteiger partial charge on any atom is 0.136 e. The van der Waals surface area contributed by atoms with Crippen LogP contribution in [0.2, 0.25) is 0 Å². The fourth-order valence-electron chi connectivity index (χ4n) is 2.23. The molecule has 0 aliphatic rings. The quantitative estimate of drug-likeness (QED) is 0.848. The third-order valence-corrected chi connectivity index (χ3v) is 3.08. The Morgan fingerprint density at radius 3 is 2.78 bits per heavy atom. The van der Waals surface area contributed by atoms with Gasteiger partial charge in [0.25, 0.3) is 0 Å². The van der Waals surface area contributed by atoms with Crippen molar-refractivity contribution in [2.45, 2.75) is 19.8 Å². The number of hydrogen-bond donors (Lipinski definition) is 1. The SMILES string of the molecule is CCCN(CCCN)c1nccc2ccccc12. The maximum absolute atomic E-state index is 5.62. The van der Waals surface area contributed by atoms with Gasteiger partial charge in [0.05, 0.1) is 0 Å². The summed E-state index contributed by atoms with van der Waals surface area (Å²) in [6.45, 7) is 4.93. The fraction of sp³-hybridized carbons (Fsp3) is 0.400. The lowest BCUT2D eigenvalue weighted by atomic mass is 10.1. The number of hydrogen-bond acceptors (Lipinski definition) is 3. The molecule has 1 heterocycles. The summed E-state index contributed by atoms with van der Waals surface area (Å²) in [6, 6.07) is 10.5. The van der Waals surface area contributed by atoms with Crippen molar-refractivity contribution < 1.29 is 0 Å². The molecule has 0 fully saturated rings. The maximum atomic E-state index is 5.62. The van der Waals surface area contributed by atoms with Crippen LogP contribution in [0.15, 0.2) is 36.5 Å². The Hall–Kier alpha value is -1.61. The zero-order valence-corrected chi connectivity index (χ0v) is 11.0. The van der Waals surface area contributed by atoms with Gasteiger partial charge in [0.2, 0.25) is 0 Å². The molecular formula is C15H21N3. The second kappa shape index (κ2) is 6.36. The van der Waals surface area contributed by atoms with Crippen LogP contribution >= 0.6 is 0 Å². The average molecular weight is 243 g/mol. The van der Waals surface area contributed by atoms with Crippen LogP contribution in [-0.2, 0) is 0 Å². The van der Waals surface area contributed by atoms with E-state index >= 15 is 0 Å². The molecule has 96 valence electrons. The van der Waals surface area contributed by atoms with Crippen LogP contribution in [0.1, 0.15) is 19.8 Å². The third kappa shape index (κ3) is 2.79. The molecule has 0 unspecified atom stereocenters. The zero-order valence-electron chi connectivity index (χ0n) is 11.0. The van der Waals surface area contributed by atoms with E-state index in [1.165, 1.54) is 10.8 Å². The minimum atomic E-state index is 0.727. The Bertz CT molecular complexity index is 491. The lowest BCUT2D eigenvalue weighted by molar-refractivity contribution is 0.714. The summed E-state index contributed by atoms with van der Waals surface area (Å²) in [5.41, 5.74) is 5.62. The molecule has 2 N–H and O–H groups in total. The predicted octanol–water partition coefficient (Wildman–Crippen LogP) is 2.80. The molecule has 3 nitrogen and oxygen atoms in total. The number of fused-ring (bicyclic) bond motifs is 1. The first kappa shape index (κ1) is 12.8. The molecule has 0 aliphatic heterocycles. The van der Waals surface area contributed by atoms with E-state index in [0.717, 1.165) is 38.3 Å². The molecule has 0 spiro atoms. The molecule has 0 aliphatic carbocycles. The first-order valence-corrected chi connectivity index (χ1v) is 6.65. The normalized spacial score (nSPS) is 10.8. The standard InChI is InChI=1S/C15H21N3/c1-2-11-18(12-5-9-16)15-14-7-4-3-6-13(14)8-10-17-15/h3-4,6-8,10H,2,5,9,11-12,16H2,1H3. The lowest BCUT2D eigenvalue weighted by Gasteiger charge is -2.24. The summed E-state index contributed by atoms with van der Waals surface area (Å²) in [7, 11) is 0. The van der Waals surface area contributed by atoms with Crippen LogP contribution in [0, 0.1) is 0 Å². The molecule has 2 aromatic rings. The Kier molecular flexibility index (Phi) is 4.53. The highest BCUT2D eigenvalue weighted by Crippen LogP contribution is 2.24. The van der Waals surface area contributed by atoms with E-state index in [2.05, 4.69) is 47.1 Å². The second-order valence-corrected chi connectivity index (χ2v) is 4.48. The van der Waals surface area contributed by atoms with Gasteiger partial charge >= 0.3 is 0 Å². The highest BCUT2D eigenvalue weighted by atomic mass is 15.2. The van der Waals surface area contributed by atoms with Gasteiger partial charge in [0.1, 0.15) is 5.82 Å². The second-order valence-electron chi connectivity index (χ2n) is 4.48. The number of anilines is 1. The van der Waals surface area contributed by atoms with Gasteiger partial charge in [-0.1, -0.05) is 31.2 Å². The van der Waals surface area contributed by atoms with Crippen molar-refractivity contribution in [1.29, 1.82) is 0 Å².